The molecule has 0 fully saturated rings. The molecule has 0 radical (unpaired) electrons. The number of pyridine rings is 1. The molecule has 19 heavy (non-hydrogen) atoms. The zero-order valence-corrected chi connectivity index (χ0v) is 9.59. The molecule has 0 aliphatic carbocycles. The van der Waals surface area contributed by atoms with E-state index in [4.69, 9.17) is 5.26 Å². The van der Waals surface area contributed by atoms with Crippen LogP contribution in [0.15, 0.2) is 6.07 Å². The average molecular weight is 271 g/mol. The van der Waals surface area contributed by atoms with Crippen LogP contribution in [0.3, 0.4) is 0 Å². The van der Waals surface area contributed by atoms with E-state index >= 15 is 0 Å². The Balaban J connectivity index is 3.51. The molecular formula is C10H7F2N3O4. The minimum Gasteiger partial charge on any atom is -0.461 e. The first-order valence-corrected chi connectivity index (χ1v) is 4.97. The van der Waals surface area contributed by atoms with Crippen LogP contribution in [-0.4, -0.2) is 22.5 Å². The average Bonchev–Trinajstić information content (AvgIpc) is 2.37. The number of rotatable bonds is 4. The number of carbonyl (C=O) groups excluding carboxylic acids is 1. The lowest BCUT2D eigenvalue weighted by molar-refractivity contribution is -0.385. The molecule has 0 bridgehead atoms. The maximum absolute atomic E-state index is 12.6. The van der Waals surface area contributed by atoms with Crippen molar-refractivity contribution in [3.8, 4) is 6.07 Å². The van der Waals surface area contributed by atoms with Crippen molar-refractivity contribution in [3.63, 3.8) is 0 Å². The fourth-order valence-corrected chi connectivity index (χ4v) is 1.26. The lowest BCUT2D eigenvalue weighted by Crippen LogP contribution is -2.13. The van der Waals surface area contributed by atoms with Crippen LogP contribution in [0.5, 0.6) is 0 Å². The third-order valence-electron chi connectivity index (χ3n) is 2.02. The van der Waals surface area contributed by atoms with E-state index < -0.39 is 40.0 Å². The Bertz CT molecular complexity index is 569. The molecule has 1 aromatic rings. The molecule has 100 valence electrons. The third kappa shape index (κ3) is 2.98. The van der Waals surface area contributed by atoms with Gasteiger partial charge in [0.15, 0.2) is 0 Å². The summed E-state index contributed by atoms with van der Waals surface area (Å²) in [5, 5.41) is 19.4. The summed E-state index contributed by atoms with van der Waals surface area (Å²) >= 11 is 0. The fourth-order valence-electron chi connectivity index (χ4n) is 1.26. The molecule has 0 spiro atoms. The molecule has 0 aromatic carbocycles. The largest absolute Gasteiger partial charge is 0.461 e. The van der Waals surface area contributed by atoms with Crippen LogP contribution in [0.25, 0.3) is 0 Å². The monoisotopic (exact) mass is 271 g/mol. The molecule has 0 unspecified atom stereocenters. The number of nitrogens with zero attached hydrogens (tertiary/aromatic N) is 3. The van der Waals surface area contributed by atoms with Crippen molar-refractivity contribution in [1.82, 2.24) is 4.98 Å². The zero-order valence-electron chi connectivity index (χ0n) is 9.59. The maximum atomic E-state index is 12.6. The third-order valence-corrected chi connectivity index (χ3v) is 2.02. The highest BCUT2D eigenvalue weighted by molar-refractivity contribution is 5.92. The van der Waals surface area contributed by atoms with Crippen molar-refractivity contribution < 1.29 is 23.2 Å². The number of esters is 1. The predicted octanol–water partition coefficient (Wildman–Crippen LogP) is 1.98. The lowest BCUT2D eigenvalue weighted by atomic mass is 10.1. The molecule has 9 heteroatoms. The van der Waals surface area contributed by atoms with E-state index in [1.165, 1.54) is 13.0 Å². The van der Waals surface area contributed by atoms with Gasteiger partial charge in [0.25, 0.3) is 6.43 Å². The van der Waals surface area contributed by atoms with Gasteiger partial charge in [-0.05, 0) is 6.92 Å². The van der Waals surface area contributed by atoms with Crippen molar-refractivity contribution in [2.45, 2.75) is 13.3 Å². The van der Waals surface area contributed by atoms with E-state index in [0.29, 0.717) is 6.07 Å². The zero-order chi connectivity index (χ0) is 14.6. The summed E-state index contributed by atoms with van der Waals surface area (Å²) in [6.45, 7) is 1.35. The second-order valence-corrected chi connectivity index (χ2v) is 3.18. The van der Waals surface area contributed by atoms with Gasteiger partial charge in [-0.3, -0.25) is 10.1 Å². The molecule has 0 saturated carbocycles. The van der Waals surface area contributed by atoms with Gasteiger partial charge in [0.1, 0.15) is 11.8 Å². The van der Waals surface area contributed by atoms with Gasteiger partial charge < -0.3 is 4.74 Å². The standard InChI is InChI=1S/C10H7F2N3O4/c1-2-19-10(16)8-6(15(17)18)3-5(4-13)7(14-8)9(11)12/h3,9H,2H2,1H3. The van der Waals surface area contributed by atoms with Crippen molar-refractivity contribution in [3.05, 3.63) is 33.1 Å². The molecule has 0 aliphatic heterocycles. The van der Waals surface area contributed by atoms with Crippen LogP contribution >= 0.6 is 0 Å². The van der Waals surface area contributed by atoms with Gasteiger partial charge in [-0.25, -0.2) is 18.6 Å². The van der Waals surface area contributed by atoms with E-state index in [-0.39, 0.29) is 6.61 Å². The Hall–Kier alpha value is -2.63. The highest BCUT2D eigenvalue weighted by Gasteiger charge is 2.29. The predicted molar refractivity (Wildman–Crippen MR) is 56.5 cm³/mol. The smallest absolute Gasteiger partial charge is 0.364 e. The number of nitriles is 1. The van der Waals surface area contributed by atoms with Gasteiger partial charge in [0.05, 0.1) is 17.1 Å². The molecule has 0 amide bonds. The van der Waals surface area contributed by atoms with E-state index in [1.54, 1.807) is 0 Å². The highest BCUT2D eigenvalue weighted by Crippen LogP contribution is 2.27. The normalized spacial score (nSPS) is 10.1. The summed E-state index contributed by atoms with van der Waals surface area (Å²) in [5.41, 5.74) is -3.34. The summed E-state index contributed by atoms with van der Waals surface area (Å²) in [6, 6.07) is 1.96. The van der Waals surface area contributed by atoms with Gasteiger partial charge in [-0.2, -0.15) is 5.26 Å². The summed E-state index contributed by atoms with van der Waals surface area (Å²) in [6.07, 6.45) is -3.14. The van der Waals surface area contributed by atoms with Crippen molar-refractivity contribution in [1.29, 1.82) is 5.26 Å². The van der Waals surface area contributed by atoms with Crippen LogP contribution in [-0.2, 0) is 4.74 Å². The first-order valence-electron chi connectivity index (χ1n) is 4.97. The second kappa shape index (κ2) is 5.81. The molecule has 0 atom stereocenters. The molecule has 0 saturated heterocycles. The van der Waals surface area contributed by atoms with Gasteiger partial charge in [-0.1, -0.05) is 0 Å². The number of nitro groups is 1. The minimum absolute atomic E-state index is 0.0956. The summed E-state index contributed by atoms with van der Waals surface area (Å²) in [4.78, 5) is 24.4. The van der Waals surface area contributed by atoms with Gasteiger partial charge in [-0.15, -0.1) is 0 Å². The maximum Gasteiger partial charge on any atom is 0.364 e. The van der Waals surface area contributed by atoms with Crippen LogP contribution < -0.4 is 0 Å². The van der Waals surface area contributed by atoms with Crippen LogP contribution in [0, 0.1) is 21.4 Å². The van der Waals surface area contributed by atoms with Crippen molar-refractivity contribution in [2.24, 2.45) is 0 Å². The van der Waals surface area contributed by atoms with E-state index in [2.05, 4.69) is 9.72 Å². The van der Waals surface area contributed by atoms with Crippen LogP contribution in [0.4, 0.5) is 14.5 Å². The van der Waals surface area contributed by atoms with Crippen molar-refractivity contribution >= 4 is 11.7 Å². The van der Waals surface area contributed by atoms with Gasteiger partial charge in [0.2, 0.25) is 5.69 Å². The number of alkyl halides is 2. The molecule has 7 nitrogen and oxygen atoms in total. The molecule has 0 N–H and O–H groups in total. The Morgan fingerprint density at radius 3 is 2.74 bits per heavy atom. The SMILES string of the molecule is CCOC(=O)c1nc(C(F)F)c(C#N)cc1[N+](=O)[O-]. The number of carbonyl (C=O) groups is 1. The summed E-state index contributed by atoms with van der Waals surface area (Å²) in [7, 11) is 0. The van der Waals surface area contributed by atoms with Gasteiger partial charge in [0, 0.05) is 6.07 Å². The molecule has 1 rings (SSSR count). The van der Waals surface area contributed by atoms with Gasteiger partial charge >= 0.3 is 11.7 Å². The molecule has 1 aromatic heterocycles. The first-order chi connectivity index (χ1) is 8.92. The number of aromatic nitrogens is 1. The number of hydrogen-bond donors (Lipinski definition) is 0. The second-order valence-electron chi connectivity index (χ2n) is 3.18. The lowest BCUT2D eigenvalue weighted by Gasteiger charge is -2.06. The Morgan fingerprint density at radius 1 is 1.68 bits per heavy atom. The first kappa shape index (κ1) is 14.4. The topological polar surface area (TPSA) is 106 Å². The molecular weight excluding hydrogens is 264 g/mol. The van der Waals surface area contributed by atoms with Crippen LogP contribution in [0.1, 0.15) is 35.1 Å². The number of ether oxygens (including phenoxy) is 1. The van der Waals surface area contributed by atoms with E-state index in [9.17, 15) is 23.7 Å². The number of hydrogen-bond acceptors (Lipinski definition) is 6. The summed E-state index contributed by atoms with van der Waals surface area (Å²) < 4.78 is 29.8. The minimum atomic E-state index is -3.14. The molecule has 0 aliphatic rings. The highest BCUT2D eigenvalue weighted by atomic mass is 19.3. The van der Waals surface area contributed by atoms with E-state index in [1.807, 2.05) is 0 Å². The Kier molecular flexibility index (Phi) is 4.41. The summed E-state index contributed by atoms with van der Waals surface area (Å²) in [5.74, 6) is -1.19. The Morgan fingerprint density at radius 2 is 2.32 bits per heavy atom. The fraction of sp³-hybridized carbons (Fsp3) is 0.300. The van der Waals surface area contributed by atoms with Crippen molar-refractivity contribution in [2.75, 3.05) is 6.61 Å². The number of halogens is 2. The quantitative estimate of drug-likeness (QED) is 0.470. The molecule has 1 heterocycles. The Labute approximate surface area is 105 Å². The van der Waals surface area contributed by atoms with E-state index in [0.717, 1.165) is 0 Å². The van der Waals surface area contributed by atoms with Crippen LogP contribution in [0.2, 0.25) is 0 Å².